The Morgan fingerprint density at radius 1 is 1.14 bits per heavy atom. The molecule has 8 heteroatoms. The van der Waals surface area contributed by atoms with E-state index in [0.717, 1.165) is 32.0 Å². The van der Waals surface area contributed by atoms with Gasteiger partial charge in [0.1, 0.15) is 5.01 Å². The summed E-state index contributed by atoms with van der Waals surface area (Å²) in [6.45, 7) is 3.81. The van der Waals surface area contributed by atoms with Crippen molar-refractivity contribution >= 4 is 38.6 Å². The molecule has 6 nitrogen and oxygen atoms in total. The molecule has 140 valence electrons. The van der Waals surface area contributed by atoms with Crippen LogP contribution in [0.4, 0.5) is 5.13 Å². The van der Waals surface area contributed by atoms with Crippen molar-refractivity contribution in [3.05, 3.63) is 80.2 Å². The van der Waals surface area contributed by atoms with Crippen LogP contribution in [0.3, 0.4) is 0 Å². The maximum Gasteiger partial charge on any atom is 0.280 e. The summed E-state index contributed by atoms with van der Waals surface area (Å²) in [6.07, 6.45) is 1.55. The predicted molar refractivity (Wildman–Crippen MR) is 116 cm³/mol. The molecular weight excluding hydrogens is 438 g/mol. The first-order chi connectivity index (χ1) is 13.5. The second-order valence-electron chi connectivity index (χ2n) is 6.24. The van der Waals surface area contributed by atoms with Crippen molar-refractivity contribution in [2.75, 3.05) is 0 Å². The molecule has 0 unspecified atom stereocenters. The summed E-state index contributed by atoms with van der Waals surface area (Å²) in [5, 5.41) is 12.7. The van der Waals surface area contributed by atoms with Crippen LogP contribution in [0.2, 0.25) is 0 Å². The van der Waals surface area contributed by atoms with Gasteiger partial charge in [0.25, 0.3) is 5.56 Å². The van der Waals surface area contributed by atoms with Crippen molar-refractivity contribution in [1.29, 1.82) is 0 Å². The smallest absolute Gasteiger partial charge is 0.280 e. The molecule has 0 aliphatic carbocycles. The van der Waals surface area contributed by atoms with E-state index >= 15 is 0 Å². The molecule has 0 bridgehead atoms. The van der Waals surface area contributed by atoms with Gasteiger partial charge in [0.15, 0.2) is 0 Å². The molecule has 4 aromatic rings. The molecule has 0 aliphatic rings. The Morgan fingerprint density at radius 2 is 1.93 bits per heavy atom. The molecule has 0 fully saturated rings. The van der Waals surface area contributed by atoms with Gasteiger partial charge in [-0.3, -0.25) is 9.89 Å². The second kappa shape index (κ2) is 7.65. The largest absolute Gasteiger partial charge is 0.295 e. The minimum absolute atomic E-state index is 0.153. The third-order valence-electron chi connectivity index (χ3n) is 4.26. The molecule has 0 aliphatic heterocycles. The number of rotatable bonds is 4. The van der Waals surface area contributed by atoms with Crippen LogP contribution in [0.1, 0.15) is 16.8 Å². The third kappa shape index (κ3) is 3.61. The summed E-state index contributed by atoms with van der Waals surface area (Å²) in [5.41, 5.74) is 3.87. The standard InChI is InChI=1S/C20H16BrN5OS/c1-12-10-15(21)8-9-17(12)26-19(27)16(13(2)25-26)11-22-20-24-23-18(28-20)14-6-4-3-5-7-14/h3-11,25H,1-2H3. The minimum Gasteiger partial charge on any atom is -0.295 e. The van der Waals surface area contributed by atoms with Crippen LogP contribution in [0.5, 0.6) is 0 Å². The van der Waals surface area contributed by atoms with Crippen LogP contribution in [0.25, 0.3) is 16.3 Å². The Labute approximate surface area is 173 Å². The van der Waals surface area contributed by atoms with Crippen molar-refractivity contribution in [3.63, 3.8) is 0 Å². The fourth-order valence-electron chi connectivity index (χ4n) is 2.84. The Morgan fingerprint density at radius 3 is 2.68 bits per heavy atom. The molecule has 1 N–H and O–H groups in total. The van der Waals surface area contributed by atoms with Gasteiger partial charge in [0.2, 0.25) is 5.13 Å². The molecule has 0 saturated carbocycles. The number of nitrogens with one attached hydrogen (secondary N) is 1. The molecule has 28 heavy (non-hydrogen) atoms. The second-order valence-corrected chi connectivity index (χ2v) is 8.11. The van der Waals surface area contributed by atoms with Gasteiger partial charge in [-0.2, -0.15) is 0 Å². The van der Waals surface area contributed by atoms with Crippen molar-refractivity contribution < 1.29 is 0 Å². The van der Waals surface area contributed by atoms with Gasteiger partial charge in [-0.25, -0.2) is 9.67 Å². The van der Waals surface area contributed by atoms with E-state index in [4.69, 9.17) is 0 Å². The lowest BCUT2D eigenvalue weighted by molar-refractivity contribution is 0.828. The maximum atomic E-state index is 12.9. The van der Waals surface area contributed by atoms with Crippen LogP contribution < -0.4 is 5.56 Å². The van der Waals surface area contributed by atoms with E-state index in [-0.39, 0.29) is 5.56 Å². The average Bonchev–Trinajstić information content (AvgIpc) is 3.26. The minimum atomic E-state index is -0.153. The number of aryl methyl sites for hydroxylation is 2. The first-order valence-corrected chi connectivity index (χ1v) is 10.1. The summed E-state index contributed by atoms with van der Waals surface area (Å²) in [6, 6.07) is 15.6. The molecule has 2 aromatic heterocycles. The van der Waals surface area contributed by atoms with E-state index in [9.17, 15) is 4.79 Å². The number of H-pyrrole nitrogens is 1. The molecule has 0 amide bonds. The number of aromatic nitrogens is 4. The molecule has 4 rings (SSSR count). The van der Waals surface area contributed by atoms with Crippen molar-refractivity contribution in [2.24, 2.45) is 4.99 Å². The van der Waals surface area contributed by atoms with E-state index < -0.39 is 0 Å². The van der Waals surface area contributed by atoms with Crippen LogP contribution in [-0.2, 0) is 0 Å². The fourth-order valence-corrected chi connectivity index (χ4v) is 4.01. The zero-order chi connectivity index (χ0) is 19.7. The van der Waals surface area contributed by atoms with Gasteiger partial charge in [-0.05, 0) is 37.6 Å². The zero-order valence-electron chi connectivity index (χ0n) is 15.2. The predicted octanol–water partition coefficient (Wildman–Crippen LogP) is 4.81. The Hall–Kier alpha value is -2.84. The fraction of sp³-hybridized carbons (Fsp3) is 0.100. The van der Waals surface area contributed by atoms with Crippen molar-refractivity contribution in [1.82, 2.24) is 20.0 Å². The first-order valence-electron chi connectivity index (χ1n) is 8.54. The quantitative estimate of drug-likeness (QED) is 0.450. The van der Waals surface area contributed by atoms with Crippen molar-refractivity contribution in [3.8, 4) is 16.3 Å². The highest BCUT2D eigenvalue weighted by Crippen LogP contribution is 2.27. The summed E-state index contributed by atoms with van der Waals surface area (Å²) in [7, 11) is 0. The number of aliphatic imine (C=N–C) groups is 1. The number of aromatic amines is 1. The Kier molecular flexibility index (Phi) is 5.06. The van der Waals surface area contributed by atoms with Crippen LogP contribution in [0, 0.1) is 13.8 Å². The molecular formula is C20H16BrN5OS. The highest BCUT2D eigenvalue weighted by atomic mass is 79.9. The monoisotopic (exact) mass is 453 g/mol. The normalized spacial score (nSPS) is 11.4. The van der Waals surface area contributed by atoms with E-state index in [0.29, 0.717) is 10.7 Å². The Balaban J connectivity index is 1.65. The zero-order valence-corrected chi connectivity index (χ0v) is 17.6. The molecule has 2 aromatic carbocycles. The summed E-state index contributed by atoms with van der Waals surface area (Å²) in [4.78, 5) is 17.2. The first kappa shape index (κ1) is 18.5. The molecule has 0 atom stereocenters. The highest BCUT2D eigenvalue weighted by molar-refractivity contribution is 9.10. The summed E-state index contributed by atoms with van der Waals surface area (Å²) < 4.78 is 2.51. The molecule has 0 radical (unpaired) electrons. The van der Waals surface area contributed by atoms with Crippen LogP contribution in [-0.4, -0.2) is 26.2 Å². The summed E-state index contributed by atoms with van der Waals surface area (Å²) in [5.74, 6) is 0. The lowest BCUT2D eigenvalue weighted by Crippen LogP contribution is -2.18. The van der Waals surface area contributed by atoms with Gasteiger partial charge in [-0.15, -0.1) is 10.2 Å². The number of benzene rings is 2. The van der Waals surface area contributed by atoms with Gasteiger partial charge in [-0.1, -0.05) is 57.6 Å². The lowest BCUT2D eigenvalue weighted by atomic mass is 10.2. The highest BCUT2D eigenvalue weighted by Gasteiger charge is 2.13. The molecule has 0 saturated heterocycles. The SMILES string of the molecule is Cc1cc(Br)ccc1-n1[nH]c(C)c(C=Nc2nnc(-c3ccccc3)s2)c1=O. The van der Waals surface area contributed by atoms with Gasteiger partial charge in [0, 0.05) is 21.9 Å². The Bertz CT molecular complexity index is 1220. The number of nitrogens with zero attached hydrogens (tertiary/aromatic N) is 4. The van der Waals surface area contributed by atoms with Crippen LogP contribution >= 0.6 is 27.3 Å². The van der Waals surface area contributed by atoms with Gasteiger partial charge >= 0.3 is 0 Å². The number of hydrogen-bond donors (Lipinski definition) is 1. The summed E-state index contributed by atoms with van der Waals surface area (Å²) >= 11 is 4.83. The van der Waals surface area contributed by atoms with E-state index in [2.05, 4.69) is 36.2 Å². The van der Waals surface area contributed by atoms with E-state index in [1.165, 1.54) is 16.0 Å². The van der Waals surface area contributed by atoms with Crippen molar-refractivity contribution in [2.45, 2.75) is 13.8 Å². The van der Waals surface area contributed by atoms with Crippen LogP contribution in [0.15, 0.2) is 62.8 Å². The average molecular weight is 454 g/mol. The number of halogens is 1. The maximum absolute atomic E-state index is 12.9. The molecule has 0 spiro atoms. The number of hydrogen-bond acceptors (Lipinski definition) is 5. The third-order valence-corrected chi connectivity index (χ3v) is 5.63. The van der Waals surface area contributed by atoms with Gasteiger partial charge < -0.3 is 0 Å². The van der Waals surface area contributed by atoms with Gasteiger partial charge in [0.05, 0.1) is 11.3 Å². The topological polar surface area (TPSA) is 75.9 Å². The molecule has 2 heterocycles. The lowest BCUT2D eigenvalue weighted by Gasteiger charge is -2.06. The van der Waals surface area contributed by atoms with E-state index in [1.54, 1.807) is 6.21 Å². The van der Waals surface area contributed by atoms with E-state index in [1.807, 2.05) is 62.4 Å².